The van der Waals surface area contributed by atoms with Crippen LogP contribution in [0.5, 0.6) is 40.2 Å². The highest BCUT2D eigenvalue weighted by atomic mass is 16.5. The molecule has 1 heterocycles. The molecule has 0 aliphatic rings. The van der Waals surface area contributed by atoms with Gasteiger partial charge in [0.2, 0.25) is 34.5 Å². The molecule has 8 aromatic rings. The minimum atomic E-state index is -0.471. The molecule has 0 spiro atoms. The fraction of sp³-hybridized carbons (Fsp3) is 0.548. The molecule has 12 bridgehead atoms. The first-order valence-corrected chi connectivity index (χ1v) is 40.1. The summed E-state index contributed by atoms with van der Waals surface area (Å²) in [7, 11) is 0. The summed E-state index contributed by atoms with van der Waals surface area (Å²) in [5.74, 6) is 1.95. The Balaban J connectivity index is 1.77. The molecule has 0 unspecified atom stereocenters. The first kappa shape index (κ1) is 83.6. The lowest BCUT2D eigenvalue weighted by molar-refractivity contribution is 0.295. The summed E-state index contributed by atoms with van der Waals surface area (Å²) in [4.78, 5) is 0. The van der Waals surface area contributed by atoms with Crippen LogP contribution in [0, 0.1) is 0 Å². The molecule has 7 aromatic carbocycles. The first-order valence-electron chi connectivity index (χ1n) is 40.1. The van der Waals surface area contributed by atoms with Gasteiger partial charge >= 0.3 is 0 Å². The SMILES string of the molecule is CCCCCCOc1c2cc(C(C)(C)C)cc1oc1cc(C(C)(C)C)cc(oc3cc(C(C)(C)C)cc(oc4cc(C(C)(C)C)cc(oc5cc(C(C)(C)C)cc(oc6cc(OCc7ccccc7)cc(o2)c6O)c5OCCCCCC)c4OCCCCCC)c3OCCCCCC)c1OCCCCCC. The van der Waals surface area contributed by atoms with Crippen LogP contribution >= 0.6 is 0 Å². The van der Waals surface area contributed by atoms with E-state index in [4.69, 9.17) is 54.9 Å². The number of phenolic OH excluding ortho intramolecular Hbond substituents is 1. The lowest BCUT2D eigenvalue weighted by Crippen LogP contribution is -2.12. The largest absolute Gasteiger partial charge is 0.502 e. The molecule has 1 N–H and O–H groups in total. The molecule has 0 saturated carbocycles. The Morgan fingerprint density at radius 3 is 0.660 bits per heavy atom. The maximum absolute atomic E-state index is 13.2. The second-order valence-electron chi connectivity index (χ2n) is 34.0. The Hall–Kier alpha value is -8.06. The van der Waals surface area contributed by atoms with E-state index in [9.17, 15) is 5.11 Å². The van der Waals surface area contributed by atoms with Crippen LogP contribution in [0.15, 0.2) is 130 Å². The summed E-state index contributed by atoms with van der Waals surface area (Å²) in [6.07, 6.45) is 19.3. The number of fused-ring (bicyclic) bond motifs is 12. The van der Waals surface area contributed by atoms with Crippen molar-refractivity contribution in [3.63, 3.8) is 0 Å². The maximum atomic E-state index is 13.2. The van der Waals surface area contributed by atoms with Crippen molar-refractivity contribution in [1.29, 1.82) is 0 Å². The van der Waals surface area contributed by atoms with Crippen molar-refractivity contribution < 1.29 is 60.0 Å². The van der Waals surface area contributed by atoms with E-state index >= 15 is 0 Å². The number of benzene rings is 7. The van der Waals surface area contributed by atoms with E-state index in [-0.39, 0.29) is 23.5 Å². The normalized spacial score (nSPS) is 12.2. The van der Waals surface area contributed by atoms with E-state index in [1.54, 1.807) is 12.1 Å². The van der Waals surface area contributed by atoms with Crippen LogP contribution in [0.4, 0.5) is 0 Å². The monoisotopic (exact) mass is 1450 g/mol. The minimum absolute atomic E-state index is 0.0438. The average Bonchev–Trinajstić information content (AvgIpc) is 0.771. The van der Waals surface area contributed by atoms with Crippen LogP contribution in [0.25, 0.3) is 67.0 Å². The van der Waals surface area contributed by atoms with Gasteiger partial charge in [-0.3, -0.25) is 0 Å². The van der Waals surface area contributed by atoms with Crippen LogP contribution in [0.1, 0.15) is 300 Å². The number of ether oxygens (including phenoxy) is 6. The molecule has 8 rings (SSSR count). The fourth-order valence-corrected chi connectivity index (χ4v) is 12.3. The van der Waals surface area contributed by atoms with Crippen molar-refractivity contribution in [2.45, 2.75) is 301 Å². The standard InChI is InChI=1S/C93H130O13/c1-21-26-31-39-46-95-84-73-51-65(89(6,7)8)53-75(84)103-77-55-67(91(12,13)14)57-79(86(77)97-48-41-33-28-23-3)105-81-59-69(93(18,19)20)60-82(88(81)99-50-43-35-30-25-5)106-80-58-68(92(15,16)17)56-78(87(80)98-49-42-34-29-24-4)104-76-54-66(90(9,10)11)52-74(85(76)96-47-40-32-27-22-2)102-72-62-70(61-71(101-73)83(72)94)100-63-64-44-37-36-38-45-64/h36-38,44-45,51-62,94H,21-35,39-43,46-50,63H2,1-20H3. The zero-order valence-electron chi connectivity index (χ0n) is 68.5. The van der Waals surface area contributed by atoms with Gasteiger partial charge in [-0.15, -0.1) is 0 Å². The zero-order chi connectivity index (χ0) is 76.8. The average molecular weight is 1460 g/mol. The zero-order valence-corrected chi connectivity index (χ0v) is 68.5. The molecular weight excluding hydrogens is 1330 g/mol. The molecule has 0 aliphatic carbocycles. The van der Waals surface area contributed by atoms with E-state index in [2.05, 4.69) is 175 Å². The van der Waals surface area contributed by atoms with Gasteiger partial charge in [0.15, 0.2) is 67.0 Å². The molecule has 580 valence electrons. The van der Waals surface area contributed by atoms with E-state index in [0.29, 0.717) is 123 Å². The van der Waals surface area contributed by atoms with Gasteiger partial charge in [-0.25, -0.2) is 0 Å². The van der Waals surface area contributed by atoms with Gasteiger partial charge in [-0.1, -0.05) is 265 Å². The highest BCUT2D eigenvalue weighted by Crippen LogP contribution is 2.45. The summed E-state index contributed by atoms with van der Waals surface area (Å²) in [5, 5.41) is 13.2. The van der Waals surface area contributed by atoms with Crippen LogP contribution in [0.3, 0.4) is 0 Å². The van der Waals surface area contributed by atoms with Gasteiger partial charge in [0.25, 0.3) is 0 Å². The van der Waals surface area contributed by atoms with Crippen molar-refractivity contribution in [3.8, 4) is 40.2 Å². The van der Waals surface area contributed by atoms with Crippen LogP contribution < -0.4 is 28.4 Å². The smallest absolute Gasteiger partial charge is 0.204 e. The third-order valence-corrected chi connectivity index (χ3v) is 19.2. The number of aromatic hydroxyl groups is 1. The van der Waals surface area contributed by atoms with Crippen molar-refractivity contribution >= 4 is 67.0 Å². The number of phenols is 1. The van der Waals surface area contributed by atoms with Gasteiger partial charge in [0.1, 0.15) is 12.4 Å². The van der Waals surface area contributed by atoms with Gasteiger partial charge in [-0.2, -0.15) is 0 Å². The molecule has 106 heavy (non-hydrogen) atoms. The third-order valence-electron chi connectivity index (χ3n) is 19.2. The van der Waals surface area contributed by atoms with Crippen LogP contribution in [-0.2, 0) is 33.7 Å². The molecule has 0 saturated heterocycles. The molecule has 0 fully saturated rings. The quantitative estimate of drug-likeness (QED) is 0.0388. The van der Waals surface area contributed by atoms with Gasteiger partial charge in [0, 0.05) is 12.1 Å². The van der Waals surface area contributed by atoms with Gasteiger partial charge < -0.3 is 60.0 Å². The van der Waals surface area contributed by atoms with E-state index in [1.807, 2.05) is 54.6 Å². The van der Waals surface area contributed by atoms with Crippen molar-refractivity contribution in [2.75, 3.05) is 33.0 Å². The molecule has 0 atom stereocenters. The predicted molar refractivity (Wildman–Crippen MR) is 439 cm³/mol. The fourth-order valence-electron chi connectivity index (χ4n) is 12.3. The number of hydrogen-bond donors (Lipinski definition) is 1. The molecule has 13 nitrogen and oxygen atoms in total. The second kappa shape index (κ2) is 38.7. The molecule has 1 aromatic heterocycles. The Bertz CT molecular complexity index is 4180. The number of hydrogen-bond acceptors (Lipinski definition) is 13. The van der Waals surface area contributed by atoms with E-state index in [0.717, 1.165) is 162 Å². The molecule has 0 amide bonds. The lowest BCUT2D eigenvalue weighted by atomic mass is 9.86. The molecule has 0 radical (unpaired) electrons. The first-order chi connectivity index (χ1) is 50.4. The second-order valence-corrected chi connectivity index (χ2v) is 34.0. The summed E-state index contributed by atoms with van der Waals surface area (Å²) in [6.45, 7) is 45.7. The molecule has 13 heteroatoms. The van der Waals surface area contributed by atoms with Crippen molar-refractivity contribution in [1.82, 2.24) is 0 Å². The van der Waals surface area contributed by atoms with E-state index in [1.165, 1.54) is 0 Å². The van der Waals surface area contributed by atoms with Crippen molar-refractivity contribution in [2.24, 2.45) is 0 Å². The maximum Gasteiger partial charge on any atom is 0.204 e. The summed E-state index contributed by atoms with van der Waals surface area (Å²) in [6, 6.07) is 33.9. The van der Waals surface area contributed by atoms with Crippen LogP contribution in [0.2, 0.25) is 0 Å². The van der Waals surface area contributed by atoms with E-state index < -0.39 is 27.1 Å². The van der Waals surface area contributed by atoms with Crippen molar-refractivity contribution in [3.05, 3.63) is 137 Å². The Morgan fingerprint density at radius 2 is 0.462 bits per heavy atom. The summed E-state index contributed by atoms with van der Waals surface area (Å²) >= 11 is 0. The summed E-state index contributed by atoms with van der Waals surface area (Å²) in [5.41, 5.74) is 7.23. The minimum Gasteiger partial charge on any atom is -0.502 e. The Kier molecular flexibility index (Phi) is 30.5. The number of rotatable bonds is 33. The molecular formula is C93H130O13. The predicted octanol–water partition coefficient (Wildman–Crippen LogP) is 28.8. The Morgan fingerprint density at radius 1 is 0.255 bits per heavy atom. The van der Waals surface area contributed by atoms with Gasteiger partial charge in [-0.05, 0) is 153 Å². The topological polar surface area (TPSA) is 154 Å². The van der Waals surface area contributed by atoms with Gasteiger partial charge in [0.05, 0.1) is 33.0 Å². The highest BCUT2D eigenvalue weighted by molar-refractivity contribution is 5.84. The highest BCUT2D eigenvalue weighted by Gasteiger charge is 2.27. The third kappa shape index (κ3) is 24.0. The Labute approximate surface area is 634 Å². The molecule has 0 aliphatic heterocycles. The lowest BCUT2D eigenvalue weighted by Gasteiger charge is -2.22. The van der Waals surface area contributed by atoms with Crippen LogP contribution in [-0.4, -0.2) is 38.1 Å². The number of unbranched alkanes of at least 4 members (excludes halogenated alkanes) is 15. The summed E-state index contributed by atoms with van der Waals surface area (Å²) < 4.78 is 87.5.